The summed E-state index contributed by atoms with van der Waals surface area (Å²) in [5.41, 5.74) is 1.15. The van der Waals surface area contributed by atoms with Crippen LogP contribution in [-0.4, -0.2) is 27.3 Å². The SMILES string of the molecule is CCS(=O)(=O)NCC1COc2ccccc2C1. The van der Waals surface area contributed by atoms with E-state index in [4.69, 9.17) is 4.74 Å². The number of nitrogens with one attached hydrogen (secondary N) is 1. The molecular formula is C12H17NO3S. The van der Waals surface area contributed by atoms with E-state index in [9.17, 15) is 8.42 Å². The summed E-state index contributed by atoms with van der Waals surface area (Å²) in [6.45, 7) is 2.66. The second-order valence-corrected chi connectivity index (χ2v) is 6.34. The minimum Gasteiger partial charge on any atom is -0.493 e. The monoisotopic (exact) mass is 255 g/mol. The molecule has 0 aromatic heterocycles. The number of ether oxygens (including phenoxy) is 1. The minimum absolute atomic E-state index is 0.122. The number of para-hydroxylation sites is 1. The van der Waals surface area contributed by atoms with Crippen LogP contribution in [0.5, 0.6) is 5.75 Å². The van der Waals surface area contributed by atoms with E-state index >= 15 is 0 Å². The smallest absolute Gasteiger partial charge is 0.211 e. The Labute approximate surface area is 102 Å². The molecule has 0 amide bonds. The molecule has 0 saturated carbocycles. The third kappa shape index (κ3) is 3.20. The van der Waals surface area contributed by atoms with Crippen LogP contribution >= 0.6 is 0 Å². The molecule has 1 heterocycles. The molecule has 94 valence electrons. The Morgan fingerprint density at radius 3 is 2.94 bits per heavy atom. The van der Waals surface area contributed by atoms with Gasteiger partial charge in [0.25, 0.3) is 0 Å². The molecule has 17 heavy (non-hydrogen) atoms. The summed E-state index contributed by atoms with van der Waals surface area (Å²) in [7, 11) is -3.10. The molecule has 0 radical (unpaired) electrons. The van der Waals surface area contributed by atoms with Gasteiger partial charge in [0, 0.05) is 12.5 Å². The Bertz CT molecular complexity index is 484. The van der Waals surface area contributed by atoms with Crippen molar-refractivity contribution in [2.45, 2.75) is 13.3 Å². The minimum atomic E-state index is -3.10. The van der Waals surface area contributed by atoms with Crippen LogP contribution in [0.1, 0.15) is 12.5 Å². The largest absolute Gasteiger partial charge is 0.493 e. The Kier molecular flexibility index (Phi) is 3.69. The van der Waals surface area contributed by atoms with Gasteiger partial charge in [-0.15, -0.1) is 0 Å². The Hall–Kier alpha value is -1.07. The van der Waals surface area contributed by atoms with Gasteiger partial charge < -0.3 is 4.74 Å². The number of hydrogen-bond donors (Lipinski definition) is 1. The second-order valence-electron chi connectivity index (χ2n) is 4.24. The first-order valence-electron chi connectivity index (χ1n) is 5.79. The highest BCUT2D eigenvalue weighted by molar-refractivity contribution is 7.89. The molecule has 1 atom stereocenters. The lowest BCUT2D eigenvalue weighted by molar-refractivity contribution is 0.223. The van der Waals surface area contributed by atoms with Gasteiger partial charge in [-0.05, 0) is 25.0 Å². The summed E-state index contributed by atoms with van der Waals surface area (Å²) < 4.78 is 30.9. The average molecular weight is 255 g/mol. The lowest BCUT2D eigenvalue weighted by Crippen LogP contribution is -2.35. The first-order chi connectivity index (χ1) is 8.11. The van der Waals surface area contributed by atoms with Gasteiger partial charge in [0.1, 0.15) is 5.75 Å². The molecule has 1 aromatic rings. The fourth-order valence-corrected chi connectivity index (χ4v) is 2.56. The van der Waals surface area contributed by atoms with Crippen molar-refractivity contribution in [2.75, 3.05) is 18.9 Å². The fraction of sp³-hybridized carbons (Fsp3) is 0.500. The van der Waals surface area contributed by atoms with Crippen molar-refractivity contribution >= 4 is 10.0 Å². The van der Waals surface area contributed by atoms with Crippen LogP contribution in [0.3, 0.4) is 0 Å². The van der Waals surface area contributed by atoms with Crippen LogP contribution in [0.25, 0.3) is 0 Å². The summed E-state index contributed by atoms with van der Waals surface area (Å²) >= 11 is 0. The number of rotatable bonds is 4. The third-order valence-electron chi connectivity index (χ3n) is 2.93. The lowest BCUT2D eigenvalue weighted by Gasteiger charge is -2.25. The average Bonchev–Trinajstić information content (AvgIpc) is 2.36. The van der Waals surface area contributed by atoms with Crippen molar-refractivity contribution in [3.8, 4) is 5.75 Å². The number of benzene rings is 1. The zero-order chi connectivity index (χ0) is 12.3. The van der Waals surface area contributed by atoms with Gasteiger partial charge in [-0.1, -0.05) is 18.2 Å². The summed E-state index contributed by atoms with van der Waals surface area (Å²) in [6.07, 6.45) is 0.863. The molecule has 1 N–H and O–H groups in total. The Morgan fingerprint density at radius 1 is 1.41 bits per heavy atom. The highest BCUT2D eigenvalue weighted by Crippen LogP contribution is 2.26. The van der Waals surface area contributed by atoms with Crippen LogP contribution in [0.2, 0.25) is 0 Å². The van der Waals surface area contributed by atoms with Crippen LogP contribution in [0, 0.1) is 5.92 Å². The first kappa shape index (κ1) is 12.4. The van der Waals surface area contributed by atoms with Crippen LogP contribution in [0.4, 0.5) is 0 Å². The van der Waals surface area contributed by atoms with Gasteiger partial charge >= 0.3 is 0 Å². The van der Waals surface area contributed by atoms with Crippen molar-refractivity contribution < 1.29 is 13.2 Å². The molecule has 4 nitrogen and oxygen atoms in total. The van der Waals surface area contributed by atoms with Crippen molar-refractivity contribution in [2.24, 2.45) is 5.92 Å². The molecule has 1 aromatic carbocycles. The molecule has 0 fully saturated rings. The van der Waals surface area contributed by atoms with E-state index in [-0.39, 0.29) is 11.7 Å². The molecule has 1 unspecified atom stereocenters. The molecule has 1 aliphatic rings. The Balaban J connectivity index is 1.95. The predicted molar refractivity (Wildman–Crippen MR) is 66.6 cm³/mol. The fourth-order valence-electron chi connectivity index (χ4n) is 1.87. The van der Waals surface area contributed by atoms with Gasteiger partial charge in [-0.25, -0.2) is 13.1 Å². The molecule has 0 bridgehead atoms. The topological polar surface area (TPSA) is 55.4 Å². The number of sulfonamides is 1. The molecular weight excluding hydrogens is 238 g/mol. The highest BCUT2D eigenvalue weighted by atomic mass is 32.2. The zero-order valence-electron chi connectivity index (χ0n) is 9.85. The maximum atomic E-state index is 11.3. The van der Waals surface area contributed by atoms with E-state index in [2.05, 4.69) is 4.72 Å². The summed E-state index contributed by atoms with van der Waals surface area (Å²) in [4.78, 5) is 0. The standard InChI is InChI=1S/C12H17NO3S/c1-2-17(14,15)13-8-10-7-11-5-3-4-6-12(11)16-9-10/h3-6,10,13H,2,7-9H2,1H3. The molecule has 0 spiro atoms. The summed E-state index contributed by atoms with van der Waals surface area (Å²) in [5.74, 6) is 1.25. The van der Waals surface area contributed by atoms with E-state index in [0.717, 1.165) is 17.7 Å². The normalized spacial score (nSPS) is 19.5. The highest BCUT2D eigenvalue weighted by Gasteiger charge is 2.20. The maximum absolute atomic E-state index is 11.3. The number of hydrogen-bond acceptors (Lipinski definition) is 3. The maximum Gasteiger partial charge on any atom is 0.211 e. The third-order valence-corrected chi connectivity index (χ3v) is 4.29. The van der Waals surface area contributed by atoms with E-state index in [1.807, 2.05) is 24.3 Å². The van der Waals surface area contributed by atoms with Crippen molar-refractivity contribution in [1.82, 2.24) is 4.72 Å². The van der Waals surface area contributed by atoms with E-state index in [1.54, 1.807) is 6.92 Å². The van der Waals surface area contributed by atoms with Crippen molar-refractivity contribution in [3.63, 3.8) is 0 Å². The predicted octanol–water partition coefficient (Wildman–Crippen LogP) is 1.18. The van der Waals surface area contributed by atoms with E-state index in [1.165, 1.54) is 0 Å². The Morgan fingerprint density at radius 2 is 2.18 bits per heavy atom. The molecule has 2 rings (SSSR count). The molecule has 0 aliphatic carbocycles. The number of fused-ring (bicyclic) bond motifs is 1. The van der Waals surface area contributed by atoms with Gasteiger partial charge in [-0.3, -0.25) is 0 Å². The van der Waals surface area contributed by atoms with Gasteiger partial charge in [0.15, 0.2) is 0 Å². The summed E-state index contributed by atoms with van der Waals surface area (Å²) in [6, 6.07) is 7.89. The van der Waals surface area contributed by atoms with E-state index in [0.29, 0.717) is 13.2 Å². The van der Waals surface area contributed by atoms with Crippen LogP contribution < -0.4 is 9.46 Å². The second kappa shape index (κ2) is 5.06. The van der Waals surface area contributed by atoms with Gasteiger partial charge in [0.05, 0.1) is 12.4 Å². The molecule has 5 heteroatoms. The van der Waals surface area contributed by atoms with Crippen LogP contribution in [0.15, 0.2) is 24.3 Å². The van der Waals surface area contributed by atoms with Crippen molar-refractivity contribution in [1.29, 1.82) is 0 Å². The molecule has 0 saturated heterocycles. The molecule has 1 aliphatic heterocycles. The van der Waals surface area contributed by atoms with Gasteiger partial charge in [-0.2, -0.15) is 0 Å². The lowest BCUT2D eigenvalue weighted by atomic mass is 9.97. The summed E-state index contributed by atoms with van der Waals surface area (Å²) in [5, 5.41) is 0. The van der Waals surface area contributed by atoms with Gasteiger partial charge in [0.2, 0.25) is 10.0 Å². The zero-order valence-corrected chi connectivity index (χ0v) is 10.7. The van der Waals surface area contributed by atoms with Crippen molar-refractivity contribution in [3.05, 3.63) is 29.8 Å². The van der Waals surface area contributed by atoms with Crippen LogP contribution in [-0.2, 0) is 16.4 Å². The first-order valence-corrected chi connectivity index (χ1v) is 7.44. The van der Waals surface area contributed by atoms with E-state index < -0.39 is 10.0 Å². The quantitative estimate of drug-likeness (QED) is 0.879.